The number of urea groups is 1. The molecule has 1 aliphatic rings. The molecule has 11 heteroatoms. The summed E-state index contributed by atoms with van der Waals surface area (Å²) < 4.78 is 32.4. The van der Waals surface area contributed by atoms with Crippen molar-refractivity contribution in [2.24, 2.45) is 5.92 Å². The number of carbonyl (C=O) groups is 2. The number of aliphatic hydroxyl groups is 1. The van der Waals surface area contributed by atoms with E-state index in [1.165, 1.54) is 11.0 Å². The van der Waals surface area contributed by atoms with Gasteiger partial charge >= 0.3 is 6.03 Å². The highest BCUT2D eigenvalue weighted by molar-refractivity contribution is 7.92. The van der Waals surface area contributed by atoms with Gasteiger partial charge in [0, 0.05) is 25.6 Å². The maximum absolute atomic E-state index is 13.3. The Bertz CT molecular complexity index is 936. The van der Waals surface area contributed by atoms with Crippen LogP contribution in [0.5, 0.6) is 5.75 Å². The van der Waals surface area contributed by atoms with E-state index >= 15 is 0 Å². The number of sulfonamides is 1. The second-order valence-electron chi connectivity index (χ2n) is 8.66. The van der Waals surface area contributed by atoms with Crippen LogP contribution < -0.4 is 14.8 Å². The van der Waals surface area contributed by atoms with Crippen molar-refractivity contribution < 1.29 is 27.9 Å². The Morgan fingerprint density at radius 1 is 1.34 bits per heavy atom. The number of nitrogens with zero attached hydrogens (tertiary/aromatic N) is 2. The van der Waals surface area contributed by atoms with Gasteiger partial charge in [0.1, 0.15) is 6.10 Å². The number of aliphatic hydroxyl groups excluding tert-OH is 1. The zero-order valence-corrected chi connectivity index (χ0v) is 20.3. The average molecular weight is 471 g/mol. The van der Waals surface area contributed by atoms with Gasteiger partial charge < -0.3 is 25.0 Å². The molecular formula is C21H34N4O6S. The molecule has 3 atom stereocenters. The smallest absolute Gasteiger partial charge is 0.317 e. The van der Waals surface area contributed by atoms with Crippen molar-refractivity contribution in [2.75, 3.05) is 37.7 Å². The highest BCUT2D eigenvalue weighted by Gasteiger charge is 2.35. The molecule has 2 rings (SSSR count). The number of fused-ring (bicyclic) bond motifs is 1. The number of benzene rings is 1. The second kappa shape index (κ2) is 10.4. The van der Waals surface area contributed by atoms with Crippen LogP contribution in [-0.4, -0.2) is 86.4 Å². The molecule has 32 heavy (non-hydrogen) atoms. The summed E-state index contributed by atoms with van der Waals surface area (Å²) in [5.41, 5.74) is 0.327. The van der Waals surface area contributed by atoms with E-state index in [1.54, 1.807) is 31.0 Å². The zero-order chi connectivity index (χ0) is 24.2. The molecule has 10 nitrogen and oxygen atoms in total. The molecule has 180 valence electrons. The second-order valence-corrected chi connectivity index (χ2v) is 10.4. The lowest BCUT2D eigenvalue weighted by molar-refractivity contribution is 0.0369. The van der Waals surface area contributed by atoms with E-state index in [2.05, 4.69) is 10.0 Å². The number of anilines is 1. The van der Waals surface area contributed by atoms with Gasteiger partial charge in [-0.1, -0.05) is 13.0 Å². The number of rotatable bonds is 7. The number of para-hydroxylation sites is 1. The predicted octanol–water partition coefficient (Wildman–Crippen LogP) is 1.33. The van der Waals surface area contributed by atoms with Crippen molar-refractivity contribution in [2.45, 2.75) is 45.9 Å². The van der Waals surface area contributed by atoms with Crippen LogP contribution in [0.3, 0.4) is 0 Å². The Kier molecular flexibility index (Phi) is 8.35. The Morgan fingerprint density at radius 3 is 2.56 bits per heavy atom. The van der Waals surface area contributed by atoms with Crippen LogP contribution in [0.1, 0.15) is 38.1 Å². The molecule has 3 amide bonds. The zero-order valence-electron chi connectivity index (χ0n) is 19.5. The Morgan fingerprint density at radius 2 is 2.00 bits per heavy atom. The molecule has 0 unspecified atom stereocenters. The van der Waals surface area contributed by atoms with Crippen molar-refractivity contribution in [3.63, 3.8) is 0 Å². The Labute approximate surface area is 190 Å². The molecule has 0 saturated carbocycles. The standard InChI is InChI=1S/C21H34N4O6S/c1-13(2)22-21(28)24(5)11-18-14(3)10-25(15(4)12-26)20(27)16-8-7-9-17(19(16)31-18)23-32(6,29)30/h7-9,13-15,18,23,26H,10-12H2,1-6H3,(H,22,28)/t14-,15+,18+/m0/s1. The minimum Gasteiger partial charge on any atom is -0.485 e. The third-order valence-electron chi connectivity index (χ3n) is 5.20. The number of likely N-dealkylation sites (N-methyl/N-ethyl adjacent to an activating group) is 1. The molecule has 1 aromatic carbocycles. The van der Waals surface area contributed by atoms with Gasteiger partial charge in [-0.15, -0.1) is 0 Å². The van der Waals surface area contributed by atoms with Gasteiger partial charge in [0.15, 0.2) is 5.75 Å². The highest BCUT2D eigenvalue weighted by Crippen LogP contribution is 2.35. The first-order valence-corrected chi connectivity index (χ1v) is 12.4. The van der Waals surface area contributed by atoms with Gasteiger partial charge in [0.2, 0.25) is 10.0 Å². The molecule has 1 aliphatic heterocycles. The van der Waals surface area contributed by atoms with Crippen LogP contribution in [0, 0.1) is 5.92 Å². The average Bonchev–Trinajstić information content (AvgIpc) is 2.68. The summed E-state index contributed by atoms with van der Waals surface area (Å²) >= 11 is 0. The summed E-state index contributed by atoms with van der Waals surface area (Å²) in [6.45, 7) is 7.64. The summed E-state index contributed by atoms with van der Waals surface area (Å²) in [6.07, 6.45) is 0.474. The van der Waals surface area contributed by atoms with Gasteiger partial charge in [-0.05, 0) is 32.9 Å². The summed E-state index contributed by atoms with van der Waals surface area (Å²) in [7, 11) is -1.99. The van der Waals surface area contributed by atoms with Crippen molar-refractivity contribution in [3.8, 4) is 5.75 Å². The lowest BCUT2D eigenvalue weighted by Gasteiger charge is -2.38. The van der Waals surface area contributed by atoms with Gasteiger partial charge in [0.25, 0.3) is 5.91 Å². The molecule has 1 aromatic rings. The fourth-order valence-corrected chi connectivity index (χ4v) is 4.01. The molecule has 0 bridgehead atoms. The highest BCUT2D eigenvalue weighted by atomic mass is 32.2. The van der Waals surface area contributed by atoms with Crippen molar-refractivity contribution in [1.82, 2.24) is 15.1 Å². The Balaban J connectivity index is 2.51. The number of nitrogens with one attached hydrogen (secondary N) is 2. The number of carbonyl (C=O) groups excluding carboxylic acids is 2. The van der Waals surface area contributed by atoms with Crippen molar-refractivity contribution >= 4 is 27.6 Å². The minimum atomic E-state index is -3.63. The van der Waals surface area contributed by atoms with Gasteiger partial charge in [-0.3, -0.25) is 9.52 Å². The van der Waals surface area contributed by atoms with Gasteiger partial charge in [0.05, 0.1) is 36.7 Å². The molecule has 0 fully saturated rings. The SMILES string of the molecule is CC(C)NC(=O)N(C)C[C@H]1Oc2c(NS(C)(=O)=O)cccc2C(=O)N([C@H](C)CO)C[C@@H]1C. The molecule has 3 N–H and O–H groups in total. The first-order chi connectivity index (χ1) is 14.8. The molecule has 1 heterocycles. The van der Waals surface area contributed by atoms with Gasteiger partial charge in [-0.2, -0.15) is 0 Å². The fourth-order valence-electron chi connectivity index (χ4n) is 3.45. The fraction of sp³-hybridized carbons (Fsp3) is 0.619. The Hall–Kier alpha value is -2.53. The van der Waals surface area contributed by atoms with Crippen LogP contribution in [0.15, 0.2) is 18.2 Å². The van der Waals surface area contributed by atoms with E-state index in [9.17, 15) is 23.1 Å². The predicted molar refractivity (Wildman–Crippen MR) is 122 cm³/mol. The monoisotopic (exact) mass is 470 g/mol. The lowest BCUT2D eigenvalue weighted by Crippen LogP contribution is -2.51. The largest absolute Gasteiger partial charge is 0.485 e. The number of amides is 3. The molecule has 0 aromatic heterocycles. The van der Waals surface area contributed by atoms with E-state index in [1.807, 2.05) is 20.8 Å². The molecule has 0 radical (unpaired) electrons. The third-order valence-corrected chi connectivity index (χ3v) is 5.79. The molecule has 0 saturated heterocycles. The van der Waals surface area contributed by atoms with E-state index < -0.39 is 22.2 Å². The van der Waals surface area contributed by atoms with E-state index in [0.29, 0.717) is 6.54 Å². The quantitative estimate of drug-likeness (QED) is 0.552. The normalized spacial score (nSPS) is 20.0. The maximum atomic E-state index is 13.3. The van der Waals surface area contributed by atoms with Crippen molar-refractivity contribution in [3.05, 3.63) is 23.8 Å². The van der Waals surface area contributed by atoms with E-state index in [-0.39, 0.29) is 54.1 Å². The minimum absolute atomic E-state index is 0.0366. The molecule has 0 aliphatic carbocycles. The van der Waals surface area contributed by atoms with E-state index in [4.69, 9.17) is 4.74 Å². The van der Waals surface area contributed by atoms with Crippen LogP contribution in [0.4, 0.5) is 10.5 Å². The number of hydrogen-bond acceptors (Lipinski definition) is 6. The van der Waals surface area contributed by atoms with Crippen LogP contribution in [-0.2, 0) is 10.0 Å². The molecular weight excluding hydrogens is 436 g/mol. The maximum Gasteiger partial charge on any atom is 0.317 e. The first-order valence-electron chi connectivity index (χ1n) is 10.5. The third kappa shape index (κ3) is 6.49. The number of ether oxygens (including phenoxy) is 1. The van der Waals surface area contributed by atoms with Crippen LogP contribution in [0.25, 0.3) is 0 Å². The topological polar surface area (TPSA) is 128 Å². The van der Waals surface area contributed by atoms with Crippen molar-refractivity contribution in [1.29, 1.82) is 0 Å². The number of hydrogen-bond donors (Lipinski definition) is 3. The molecule has 0 spiro atoms. The summed E-state index contributed by atoms with van der Waals surface area (Å²) in [6, 6.07) is 3.89. The first kappa shape index (κ1) is 25.7. The van der Waals surface area contributed by atoms with Crippen LogP contribution in [0.2, 0.25) is 0 Å². The summed E-state index contributed by atoms with van der Waals surface area (Å²) in [4.78, 5) is 28.8. The summed E-state index contributed by atoms with van der Waals surface area (Å²) in [5.74, 6) is -0.483. The van der Waals surface area contributed by atoms with Gasteiger partial charge in [-0.25, -0.2) is 13.2 Å². The summed E-state index contributed by atoms with van der Waals surface area (Å²) in [5, 5.41) is 12.5. The van der Waals surface area contributed by atoms with Crippen LogP contribution >= 0.6 is 0 Å². The van der Waals surface area contributed by atoms with E-state index in [0.717, 1.165) is 6.26 Å². The lowest BCUT2D eigenvalue weighted by atomic mass is 9.99.